The quantitative estimate of drug-likeness (QED) is 0.705. The van der Waals surface area contributed by atoms with Crippen molar-refractivity contribution >= 4 is 33.5 Å². The molecule has 1 aliphatic heterocycles. The fraction of sp³-hybridized carbons (Fsp3) is 0.353. The summed E-state index contributed by atoms with van der Waals surface area (Å²) in [6, 6.07) is 3.49. The molecule has 0 saturated carbocycles. The maximum atomic E-state index is 12.5. The third-order valence-electron chi connectivity index (χ3n) is 4.39. The molecule has 130 valence electrons. The summed E-state index contributed by atoms with van der Waals surface area (Å²) in [5, 5.41) is 5.70. The molecule has 3 aromatic heterocycles. The van der Waals surface area contributed by atoms with Crippen LogP contribution >= 0.6 is 22.7 Å². The molecule has 1 saturated heterocycles. The lowest BCUT2D eigenvalue weighted by molar-refractivity contribution is 0.0761. The number of aromatic nitrogens is 2. The molecule has 1 aliphatic rings. The summed E-state index contributed by atoms with van der Waals surface area (Å²) < 4.78 is 1.57. The summed E-state index contributed by atoms with van der Waals surface area (Å²) in [7, 11) is 0. The van der Waals surface area contributed by atoms with Crippen LogP contribution in [0.3, 0.4) is 0 Å². The Balaban J connectivity index is 1.43. The van der Waals surface area contributed by atoms with E-state index >= 15 is 0 Å². The number of nitrogens with zero attached hydrogens (tertiary/aromatic N) is 4. The minimum atomic E-state index is -0.0367. The lowest BCUT2D eigenvalue weighted by Gasteiger charge is -2.21. The number of rotatable bonds is 3. The molecule has 1 fully saturated rings. The summed E-state index contributed by atoms with van der Waals surface area (Å²) in [4.78, 5) is 34.1. The second-order valence-electron chi connectivity index (χ2n) is 6.08. The van der Waals surface area contributed by atoms with Crippen LogP contribution in [0.25, 0.3) is 4.96 Å². The van der Waals surface area contributed by atoms with E-state index in [9.17, 15) is 9.59 Å². The van der Waals surface area contributed by atoms with Crippen molar-refractivity contribution in [1.82, 2.24) is 19.2 Å². The summed E-state index contributed by atoms with van der Waals surface area (Å²) in [5.41, 5.74) is 1.53. The number of carbonyl (C=O) groups excluding carboxylic acids is 1. The number of fused-ring (bicyclic) bond motifs is 1. The first kappa shape index (κ1) is 16.4. The van der Waals surface area contributed by atoms with Crippen LogP contribution in [0, 0.1) is 0 Å². The van der Waals surface area contributed by atoms with E-state index in [2.05, 4.69) is 9.88 Å². The molecule has 0 bridgehead atoms. The van der Waals surface area contributed by atoms with Crippen molar-refractivity contribution in [2.24, 2.45) is 0 Å². The van der Waals surface area contributed by atoms with Crippen molar-refractivity contribution in [3.63, 3.8) is 0 Å². The van der Waals surface area contributed by atoms with Crippen molar-refractivity contribution in [2.45, 2.75) is 13.0 Å². The van der Waals surface area contributed by atoms with Crippen LogP contribution in [0.2, 0.25) is 0 Å². The van der Waals surface area contributed by atoms with E-state index in [0.717, 1.165) is 42.3 Å². The normalized spacial score (nSPS) is 16.2. The molecular weight excluding hydrogens is 356 g/mol. The molecular formula is C17H18N4O2S2. The lowest BCUT2D eigenvalue weighted by Crippen LogP contribution is -2.35. The molecule has 4 rings (SSSR count). The molecule has 0 aromatic carbocycles. The van der Waals surface area contributed by atoms with Gasteiger partial charge in [-0.05, 0) is 17.9 Å². The van der Waals surface area contributed by atoms with Gasteiger partial charge in [-0.1, -0.05) is 0 Å². The number of thiophene rings is 1. The van der Waals surface area contributed by atoms with E-state index in [1.54, 1.807) is 28.0 Å². The number of carbonyl (C=O) groups is 1. The molecule has 8 heteroatoms. The predicted octanol–water partition coefficient (Wildman–Crippen LogP) is 2.17. The zero-order valence-electron chi connectivity index (χ0n) is 13.6. The van der Waals surface area contributed by atoms with Crippen molar-refractivity contribution in [2.75, 3.05) is 26.2 Å². The fourth-order valence-corrected chi connectivity index (χ4v) is 4.47. The average molecular weight is 374 g/mol. The van der Waals surface area contributed by atoms with Crippen LogP contribution in [0.4, 0.5) is 0 Å². The molecule has 0 unspecified atom stereocenters. The molecule has 3 aromatic rings. The highest BCUT2D eigenvalue weighted by Crippen LogP contribution is 2.14. The van der Waals surface area contributed by atoms with E-state index < -0.39 is 0 Å². The Morgan fingerprint density at radius 3 is 2.96 bits per heavy atom. The largest absolute Gasteiger partial charge is 0.337 e. The van der Waals surface area contributed by atoms with Gasteiger partial charge in [0.15, 0.2) is 4.96 Å². The van der Waals surface area contributed by atoms with Crippen LogP contribution < -0.4 is 5.56 Å². The molecule has 0 atom stereocenters. The van der Waals surface area contributed by atoms with Crippen molar-refractivity contribution in [3.05, 3.63) is 56.1 Å². The smallest absolute Gasteiger partial charge is 0.258 e. The maximum absolute atomic E-state index is 12.5. The number of amides is 1. The maximum Gasteiger partial charge on any atom is 0.258 e. The Kier molecular flexibility index (Phi) is 4.65. The van der Waals surface area contributed by atoms with E-state index in [1.807, 2.05) is 27.1 Å². The van der Waals surface area contributed by atoms with Gasteiger partial charge in [0.05, 0.1) is 11.3 Å². The number of thiazole rings is 1. The standard InChI is InChI=1S/C17H18N4O2S2/c22-15-10-14(18-17-21(15)7-9-25-17)11-19-3-1-4-20(6-5-19)16(23)13-2-8-24-12-13/h2,7-10,12H,1,3-6,11H2. The Morgan fingerprint density at radius 1 is 1.20 bits per heavy atom. The van der Waals surface area contributed by atoms with Crippen molar-refractivity contribution < 1.29 is 4.79 Å². The molecule has 4 heterocycles. The van der Waals surface area contributed by atoms with Gasteiger partial charge in [0.1, 0.15) is 0 Å². The van der Waals surface area contributed by atoms with Gasteiger partial charge in [-0.2, -0.15) is 11.3 Å². The van der Waals surface area contributed by atoms with Gasteiger partial charge in [-0.25, -0.2) is 4.98 Å². The van der Waals surface area contributed by atoms with E-state index in [1.165, 1.54) is 11.3 Å². The van der Waals surface area contributed by atoms with Crippen LogP contribution in [0.15, 0.2) is 39.3 Å². The monoisotopic (exact) mass is 374 g/mol. The second kappa shape index (κ2) is 7.07. The highest BCUT2D eigenvalue weighted by Gasteiger charge is 2.21. The van der Waals surface area contributed by atoms with Crippen molar-refractivity contribution in [3.8, 4) is 0 Å². The summed E-state index contributed by atoms with van der Waals surface area (Å²) in [5.74, 6) is 0.111. The number of hydrogen-bond donors (Lipinski definition) is 0. The number of hydrogen-bond acceptors (Lipinski definition) is 6. The third-order valence-corrected chi connectivity index (χ3v) is 5.83. The van der Waals surface area contributed by atoms with E-state index in [4.69, 9.17) is 0 Å². The molecule has 0 radical (unpaired) electrons. The summed E-state index contributed by atoms with van der Waals surface area (Å²) >= 11 is 3.01. The van der Waals surface area contributed by atoms with Crippen LogP contribution in [0.1, 0.15) is 22.5 Å². The van der Waals surface area contributed by atoms with Gasteiger partial charge in [-0.15, -0.1) is 11.3 Å². The highest BCUT2D eigenvalue weighted by atomic mass is 32.1. The van der Waals surface area contributed by atoms with Crippen LogP contribution in [0.5, 0.6) is 0 Å². The first-order valence-corrected chi connectivity index (χ1v) is 10.0. The molecule has 1 amide bonds. The van der Waals surface area contributed by atoms with Gasteiger partial charge >= 0.3 is 0 Å². The first-order valence-electron chi connectivity index (χ1n) is 8.20. The lowest BCUT2D eigenvalue weighted by atomic mass is 10.3. The molecule has 25 heavy (non-hydrogen) atoms. The van der Waals surface area contributed by atoms with Gasteiger partial charge in [0.25, 0.3) is 11.5 Å². The summed E-state index contributed by atoms with van der Waals surface area (Å²) in [6.07, 6.45) is 2.68. The average Bonchev–Trinajstić information content (AvgIpc) is 3.24. The van der Waals surface area contributed by atoms with Gasteiger partial charge < -0.3 is 4.90 Å². The molecule has 6 nitrogen and oxygen atoms in total. The van der Waals surface area contributed by atoms with Crippen LogP contribution in [-0.2, 0) is 6.54 Å². The topological polar surface area (TPSA) is 57.9 Å². The second-order valence-corrected chi connectivity index (χ2v) is 7.73. The fourth-order valence-electron chi connectivity index (χ4n) is 3.10. The third kappa shape index (κ3) is 3.51. The predicted molar refractivity (Wildman–Crippen MR) is 99.5 cm³/mol. The Bertz CT molecular complexity index is 932. The Morgan fingerprint density at radius 2 is 2.12 bits per heavy atom. The zero-order chi connectivity index (χ0) is 17.2. The highest BCUT2D eigenvalue weighted by molar-refractivity contribution is 7.15. The molecule has 0 aliphatic carbocycles. The minimum absolute atomic E-state index is 0.0367. The summed E-state index contributed by atoms with van der Waals surface area (Å²) in [6.45, 7) is 3.81. The van der Waals surface area contributed by atoms with Crippen molar-refractivity contribution in [1.29, 1.82) is 0 Å². The molecule has 0 N–H and O–H groups in total. The van der Waals surface area contributed by atoms with Gasteiger partial charge in [0.2, 0.25) is 0 Å². The van der Waals surface area contributed by atoms with E-state index in [0.29, 0.717) is 13.1 Å². The van der Waals surface area contributed by atoms with E-state index in [-0.39, 0.29) is 11.5 Å². The zero-order valence-corrected chi connectivity index (χ0v) is 15.3. The molecule has 0 spiro atoms. The van der Waals surface area contributed by atoms with Gasteiger partial charge in [0, 0.05) is 55.7 Å². The van der Waals surface area contributed by atoms with Crippen LogP contribution in [-0.4, -0.2) is 51.3 Å². The minimum Gasteiger partial charge on any atom is -0.337 e. The van der Waals surface area contributed by atoms with Gasteiger partial charge in [-0.3, -0.25) is 18.9 Å². The SMILES string of the molecule is O=C(c1ccsc1)N1CCCN(Cc2cc(=O)n3ccsc3n2)CC1. The Hall–Kier alpha value is -2.03. The Labute approximate surface area is 153 Å². The first-order chi connectivity index (χ1) is 12.2.